The molecular weight excluding hydrogens is 330 g/mol. The first-order valence-corrected chi connectivity index (χ1v) is 8.99. The van der Waals surface area contributed by atoms with Gasteiger partial charge in [-0.3, -0.25) is 9.69 Å². The number of rotatable bonds is 8. The molecule has 3 rings (SSSR count). The molecule has 1 aliphatic heterocycles. The zero-order chi connectivity index (χ0) is 18.0. The van der Waals surface area contributed by atoms with Crippen molar-refractivity contribution < 1.29 is 9.53 Å². The summed E-state index contributed by atoms with van der Waals surface area (Å²) < 4.78 is 5.31. The Hall–Kier alpha value is -2.51. The van der Waals surface area contributed by atoms with Crippen LogP contribution in [0.15, 0.2) is 42.7 Å². The highest BCUT2D eigenvalue weighted by Gasteiger charge is 2.11. The number of hydrogen-bond acceptors (Lipinski definition) is 6. The Morgan fingerprint density at radius 3 is 2.62 bits per heavy atom. The van der Waals surface area contributed by atoms with Gasteiger partial charge in [0.15, 0.2) is 0 Å². The number of nitrogens with zero attached hydrogens (tertiary/aromatic N) is 3. The maximum Gasteiger partial charge on any atom is 0.271 e. The van der Waals surface area contributed by atoms with Gasteiger partial charge in [-0.2, -0.15) is 0 Å². The van der Waals surface area contributed by atoms with Crippen LogP contribution in [0, 0.1) is 0 Å². The van der Waals surface area contributed by atoms with Crippen molar-refractivity contribution in [2.75, 3.05) is 51.3 Å². The molecule has 2 aromatic rings. The third kappa shape index (κ3) is 5.79. The highest BCUT2D eigenvalue weighted by Crippen LogP contribution is 2.04. The summed E-state index contributed by atoms with van der Waals surface area (Å²) in [5.74, 6) is 0.479. The molecule has 26 heavy (non-hydrogen) atoms. The summed E-state index contributed by atoms with van der Waals surface area (Å²) in [6.45, 7) is 5.54. The van der Waals surface area contributed by atoms with Crippen molar-refractivity contribution in [1.29, 1.82) is 0 Å². The summed E-state index contributed by atoms with van der Waals surface area (Å²) in [6.07, 6.45) is 4.02. The van der Waals surface area contributed by atoms with Crippen LogP contribution in [0.4, 0.5) is 5.82 Å². The number of hydrogen-bond donors (Lipinski definition) is 2. The van der Waals surface area contributed by atoms with E-state index in [1.807, 2.05) is 18.2 Å². The van der Waals surface area contributed by atoms with E-state index in [0.29, 0.717) is 18.1 Å². The minimum atomic E-state index is -0.193. The van der Waals surface area contributed by atoms with Crippen LogP contribution in [-0.4, -0.2) is 66.7 Å². The molecule has 0 bridgehead atoms. The van der Waals surface area contributed by atoms with Crippen LogP contribution in [-0.2, 0) is 11.2 Å². The second kappa shape index (κ2) is 9.84. The minimum Gasteiger partial charge on any atom is -0.379 e. The van der Waals surface area contributed by atoms with Gasteiger partial charge in [-0.25, -0.2) is 9.97 Å². The third-order valence-electron chi connectivity index (χ3n) is 4.26. The molecule has 7 nitrogen and oxygen atoms in total. The average molecular weight is 355 g/mol. The van der Waals surface area contributed by atoms with Crippen molar-refractivity contribution in [3.8, 4) is 0 Å². The van der Waals surface area contributed by atoms with Gasteiger partial charge in [0, 0.05) is 32.7 Å². The lowest BCUT2D eigenvalue weighted by molar-refractivity contribution is 0.0383. The number of ether oxygens (including phenoxy) is 1. The summed E-state index contributed by atoms with van der Waals surface area (Å²) in [5, 5.41) is 6.11. The molecule has 138 valence electrons. The highest BCUT2D eigenvalue weighted by molar-refractivity contribution is 5.91. The lowest BCUT2D eigenvalue weighted by Crippen LogP contribution is -2.41. The monoisotopic (exact) mass is 355 g/mol. The van der Waals surface area contributed by atoms with E-state index in [4.69, 9.17) is 4.74 Å². The molecule has 2 N–H and O–H groups in total. The maximum atomic E-state index is 12.1. The van der Waals surface area contributed by atoms with Gasteiger partial charge < -0.3 is 15.4 Å². The van der Waals surface area contributed by atoms with E-state index >= 15 is 0 Å². The number of anilines is 1. The fourth-order valence-electron chi connectivity index (χ4n) is 2.76. The highest BCUT2D eigenvalue weighted by atomic mass is 16.5. The molecular formula is C19H25N5O2. The maximum absolute atomic E-state index is 12.1. The molecule has 0 unspecified atom stereocenters. The van der Waals surface area contributed by atoms with Gasteiger partial charge >= 0.3 is 0 Å². The van der Waals surface area contributed by atoms with Crippen LogP contribution in [0.2, 0.25) is 0 Å². The first-order chi connectivity index (χ1) is 12.8. The van der Waals surface area contributed by atoms with Gasteiger partial charge in [0.05, 0.1) is 25.6 Å². The summed E-state index contributed by atoms with van der Waals surface area (Å²) in [7, 11) is 0. The fourth-order valence-corrected chi connectivity index (χ4v) is 2.76. The Kier molecular flexibility index (Phi) is 6.92. The molecule has 1 fully saturated rings. The molecule has 0 radical (unpaired) electrons. The van der Waals surface area contributed by atoms with Gasteiger partial charge in [-0.15, -0.1) is 0 Å². The predicted molar refractivity (Wildman–Crippen MR) is 100 cm³/mol. The summed E-state index contributed by atoms with van der Waals surface area (Å²) >= 11 is 0. The molecule has 1 saturated heterocycles. The predicted octanol–water partition coefficient (Wildman–Crippen LogP) is 1.19. The van der Waals surface area contributed by atoms with Crippen LogP contribution < -0.4 is 10.6 Å². The normalized spacial score (nSPS) is 14.8. The van der Waals surface area contributed by atoms with E-state index in [9.17, 15) is 4.79 Å². The molecule has 0 spiro atoms. The van der Waals surface area contributed by atoms with Crippen molar-refractivity contribution in [1.82, 2.24) is 20.2 Å². The number of morpholine rings is 1. The van der Waals surface area contributed by atoms with E-state index in [0.717, 1.165) is 45.8 Å². The minimum absolute atomic E-state index is 0.193. The van der Waals surface area contributed by atoms with Crippen LogP contribution in [0.3, 0.4) is 0 Å². The number of carbonyl (C=O) groups is 1. The summed E-state index contributed by atoms with van der Waals surface area (Å²) in [5.41, 5.74) is 1.60. The molecule has 0 atom stereocenters. The largest absolute Gasteiger partial charge is 0.379 e. The molecule has 1 aromatic carbocycles. The lowest BCUT2D eigenvalue weighted by atomic mass is 10.1. The standard InChI is InChI=1S/C19H25N5O2/c25-19(21-8-9-24-10-12-26-13-11-24)17-14-23-18(15-22-17)20-7-6-16-4-2-1-3-5-16/h1-5,14-15H,6-13H2,(H,20,23)(H,21,25). The third-order valence-corrected chi connectivity index (χ3v) is 4.26. The Bertz CT molecular complexity index is 672. The van der Waals surface area contributed by atoms with Gasteiger partial charge in [-0.1, -0.05) is 30.3 Å². The van der Waals surface area contributed by atoms with Crippen LogP contribution in [0.25, 0.3) is 0 Å². The number of amides is 1. The zero-order valence-electron chi connectivity index (χ0n) is 14.9. The van der Waals surface area contributed by atoms with Crippen molar-refractivity contribution in [3.05, 3.63) is 54.0 Å². The SMILES string of the molecule is O=C(NCCN1CCOCC1)c1cnc(NCCc2ccccc2)cn1. The van der Waals surface area contributed by atoms with E-state index in [1.165, 1.54) is 11.8 Å². The van der Waals surface area contributed by atoms with Crippen LogP contribution >= 0.6 is 0 Å². The quantitative estimate of drug-likeness (QED) is 0.741. The Labute approximate surface area is 153 Å². The zero-order valence-corrected chi connectivity index (χ0v) is 14.9. The van der Waals surface area contributed by atoms with Crippen molar-refractivity contribution in [3.63, 3.8) is 0 Å². The number of aromatic nitrogens is 2. The molecule has 0 aliphatic carbocycles. The molecule has 0 saturated carbocycles. The van der Waals surface area contributed by atoms with Crippen molar-refractivity contribution in [2.24, 2.45) is 0 Å². The second-order valence-corrected chi connectivity index (χ2v) is 6.16. The Morgan fingerprint density at radius 2 is 1.88 bits per heavy atom. The topological polar surface area (TPSA) is 79.4 Å². The average Bonchev–Trinajstić information content (AvgIpc) is 2.70. The molecule has 1 amide bonds. The molecule has 7 heteroatoms. The Balaban J connectivity index is 1.38. The summed E-state index contributed by atoms with van der Waals surface area (Å²) in [4.78, 5) is 22.9. The number of nitrogens with one attached hydrogen (secondary N) is 2. The van der Waals surface area contributed by atoms with Crippen molar-refractivity contribution in [2.45, 2.75) is 6.42 Å². The van der Waals surface area contributed by atoms with E-state index in [2.05, 4.69) is 37.6 Å². The number of benzene rings is 1. The summed E-state index contributed by atoms with van der Waals surface area (Å²) in [6, 6.07) is 10.3. The van der Waals surface area contributed by atoms with Gasteiger partial charge in [-0.05, 0) is 12.0 Å². The van der Waals surface area contributed by atoms with E-state index in [-0.39, 0.29) is 5.91 Å². The van der Waals surface area contributed by atoms with E-state index in [1.54, 1.807) is 6.20 Å². The molecule has 2 heterocycles. The Morgan fingerprint density at radius 1 is 1.08 bits per heavy atom. The van der Waals surface area contributed by atoms with Gasteiger partial charge in [0.1, 0.15) is 11.5 Å². The lowest BCUT2D eigenvalue weighted by Gasteiger charge is -2.26. The van der Waals surface area contributed by atoms with Crippen LogP contribution in [0.1, 0.15) is 16.1 Å². The molecule has 1 aliphatic rings. The molecule has 1 aromatic heterocycles. The number of carbonyl (C=O) groups excluding carboxylic acids is 1. The first-order valence-electron chi connectivity index (χ1n) is 8.99. The van der Waals surface area contributed by atoms with Crippen LogP contribution in [0.5, 0.6) is 0 Å². The second-order valence-electron chi connectivity index (χ2n) is 6.16. The van der Waals surface area contributed by atoms with E-state index < -0.39 is 0 Å². The first kappa shape index (κ1) is 18.3. The van der Waals surface area contributed by atoms with Crippen molar-refractivity contribution >= 4 is 11.7 Å². The smallest absolute Gasteiger partial charge is 0.271 e. The van der Waals surface area contributed by atoms with Gasteiger partial charge in [0.25, 0.3) is 5.91 Å². The fraction of sp³-hybridized carbons (Fsp3) is 0.421. The van der Waals surface area contributed by atoms with Gasteiger partial charge in [0.2, 0.25) is 0 Å².